The molecule has 0 saturated carbocycles. The standard InChI is InChI=1S/C18H16OS/c1-3-20-18(19)15-8-9-16-14(11-15)7-6-13-5-4-12(2)10-17(13)16/h4-11H,3H2,1-2H3. The molecule has 0 radical (unpaired) electrons. The van der Waals surface area contributed by atoms with Gasteiger partial charge in [0.2, 0.25) is 5.12 Å². The molecule has 1 nitrogen and oxygen atoms in total. The van der Waals surface area contributed by atoms with Crippen molar-refractivity contribution in [1.29, 1.82) is 0 Å². The molecule has 0 unspecified atom stereocenters. The Hall–Kier alpha value is -1.80. The van der Waals surface area contributed by atoms with E-state index in [4.69, 9.17) is 0 Å². The van der Waals surface area contributed by atoms with Gasteiger partial charge >= 0.3 is 0 Å². The first-order valence-electron chi connectivity index (χ1n) is 6.79. The molecule has 0 saturated heterocycles. The SMILES string of the molecule is CCSC(=O)c1ccc2c(ccc3ccc(C)cc32)c1. The van der Waals surface area contributed by atoms with Crippen molar-refractivity contribution in [3.63, 3.8) is 0 Å². The zero-order valence-electron chi connectivity index (χ0n) is 11.6. The summed E-state index contributed by atoms with van der Waals surface area (Å²) < 4.78 is 0. The largest absolute Gasteiger partial charge is 0.282 e. The number of aryl methyl sites for hydroxylation is 1. The average molecular weight is 280 g/mol. The van der Waals surface area contributed by atoms with Crippen LogP contribution in [-0.4, -0.2) is 10.9 Å². The molecule has 3 aromatic rings. The van der Waals surface area contributed by atoms with Crippen molar-refractivity contribution in [1.82, 2.24) is 0 Å². The summed E-state index contributed by atoms with van der Waals surface area (Å²) in [4.78, 5) is 12.0. The lowest BCUT2D eigenvalue weighted by Gasteiger charge is -2.07. The van der Waals surface area contributed by atoms with Crippen LogP contribution in [0.5, 0.6) is 0 Å². The van der Waals surface area contributed by atoms with Crippen LogP contribution in [-0.2, 0) is 0 Å². The molecule has 0 spiro atoms. The zero-order chi connectivity index (χ0) is 14.1. The van der Waals surface area contributed by atoms with Crippen molar-refractivity contribution in [2.45, 2.75) is 13.8 Å². The van der Waals surface area contributed by atoms with Gasteiger partial charge in [0.15, 0.2) is 0 Å². The van der Waals surface area contributed by atoms with Gasteiger partial charge in [-0.25, -0.2) is 0 Å². The first-order chi connectivity index (χ1) is 9.69. The lowest BCUT2D eigenvalue weighted by molar-refractivity contribution is 0.108. The van der Waals surface area contributed by atoms with E-state index in [1.807, 2.05) is 19.1 Å². The number of hydrogen-bond acceptors (Lipinski definition) is 2. The minimum absolute atomic E-state index is 0.152. The minimum Gasteiger partial charge on any atom is -0.282 e. The van der Waals surface area contributed by atoms with Crippen LogP contribution in [0.15, 0.2) is 48.5 Å². The van der Waals surface area contributed by atoms with Gasteiger partial charge in [0.25, 0.3) is 0 Å². The van der Waals surface area contributed by atoms with E-state index in [0.29, 0.717) is 0 Å². The fourth-order valence-electron chi connectivity index (χ4n) is 2.52. The van der Waals surface area contributed by atoms with Crippen LogP contribution in [0.25, 0.3) is 21.5 Å². The van der Waals surface area contributed by atoms with Crippen molar-refractivity contribution < 1.29 is 4.79 Å². The number of carbonyl (C=O) groups is 1. The van der Waals surface area contributed by atoms with Crippen LogP contribution in [0, 0.1) is 6.92 Å². The molecule has 0 heterocycles. The van der Waals surface area contributed by atoms with E-state index in [9.17, 15) is 4.79 Å². The van der Waals surface area contributed by atoms with Crippen molar-refractivity contribution in [2.24, 2.45) is 0 Å². The number of hydrogen-bond donors (Lipinski definition) is 0. The molecule has 0 N–H and O–H groups in total. The summed E-state index contributed by atoms with van der Waals surface area (Å²) in [6.45, 7) is 4.11. The molecule has 100 valence electrons. The van der Waals surface area contributed by atoms with E-state index in [1.165, 1.54) is 33.5 Å². The Labute approximate surface area is 123 Å². The second kappa shape index (κ2) is 5.29. The first-order valence-corrected chi connectivity index (χ1v) is 7.78. The Bertz CT molecular complexity index is 805. The number of carbonyl (C=O) groups excluding carboxylic acids is 1. The Kier molecular flexibility index (Phi) is 3.49. The van der Waals surface area contributed by atoms with Crippen LogP contribution in [0.2, 0.25) is 0 Å². The summed E-state index contributed by atoms with van der Waals surface area (Å²) in [5.41, 5.74) is 2.04. The highest BCUT2D eigenvalue weighted by molar-refractivity contribution is 8.14. The quantitative estimate of drug-likeness (QED) is 0.600. The zero-order valence-corrected chi connectivity index (χ0v) is 12.5. The molecule has 0 fully saturated rings. The molecular weight excluding hydrogens is 264 g/mol. The highest BCUT2D eigenvalue weighted by atomic mass is 32.2. The molecule has 0 aliphatic carbocycles. The van der Waals surface area contributed by atoms with Gasteiger partial charge in [-0.2, -0.15) is 0 Å². The highest BCUT2D eigenvalue weighted by Crippen LogP contribution is 2.28. The topological polar surface area (TPSA) is 17.1 Å². The first kappa shape index (κ1) is 13.2. The molecule has 3 aromatic carbocycles. The van der Waals surface area contributed by atoms with Crippen LogP contribution in [0.4, 0.5) is 0 Å². The molecule has 0 amide bonds. The Balaban J connectivity index is 2.21. The van der Waals surface area contributed by atoms with Gasteiger partial charge in [-0.15, -0.1) is 0 Å². The van der Waals surface area contributed by atoms with Gasteiger partial charge in [-0.3, -0.25) is 4.79 Å². The molecule has 20 heavy (non-hydrogen) atoms. The Morgan fingerprint density at radius 2 is 1.70 bits per heavy atom. The minimum atomic E-state index is 0.152. The van der Waals surface area contributed by atoms with Crippen molar-refractivity contribution in [3.05, 3.63) is 59.7 Å². The summed E-state index contributed by atoms with van der Waals surface area (Å²) in [5, 5.41) is 4.99. The smallest absolute Gasteiger partial charge is 0.219 e. The van der Waals surface area contributed by atoms with E-state index < -0.39 is 0 Å². The molecular formula is C18H16OS. The van der Waals surface area contributed by atoms with E-state index in [0.717, 1.165) is 16.7 Å². The van der Waals surface area contributed by atoms with Gasteiger partial charge in [0.1, 0.15) is 0 Å². The summed E-state index contributed by atoms with van der Waals surface area (Å²) in [6, 6.07) is 16.7. The molecule has 3 rings (SSSR count). The third kappa shape index (κ3) is 2.32. The molecule has 0 atom stereocenters. The third-order valence-electron chi connectivity index (χ3n) is 3.50. The monoisotopic (exact) mass is 280 g/mol. The normalized spacial score (nSPS) is 11.1. The van der Waals surface area contributed by atoms with Crippen molar-refractivity contribution in [2.75, 3.05) is 5.75 Å². The van der Waals surface area contributed by atoms with Crippen molar-refractivity contribution in [3.8, 4) is 0 Å². The van der Waals surface area contributed by atoms with Gasteiger partial charge < -0.3 is 0 Å². The second-order valence-corrected chi connectivity index (χ2v) is 6.18. The maximum absolute atomic E-state index is 12.0. The molecule has 2 heteroatoms. The lowest BCUT2D eigenvalue weighted by atomic mass is 9.99. The second-order valence-electron chi connectivity index (χ2n) is 4.95. The number of fused-ring (bicyclic) bond motifs is 3. The van der Waals surface area contributed by atoms with Crippen LogP contribution in [0.3, 0.4) is 0 Å². The third-order valence-corrected chi connectivity index (χ3v) is 4.29. The fourth-order valence-corrected chi connectivity index (χ4v) is 3.07. The average Bonchev–Trinajstić information content (AvgIpc) is 2.46. The van der Waals surface area contributed by atoms with Gasteiger partial charge in [-0.05, 0) is 46.4 Å². The summed E-state index contributed by atoms with van der Waals surface area (Å²) in [7, 11) is 0. The lowest BCUT2D eigenvalue weighted by Crippen LogP contribution is -1.93. The molecule has 0 bridgehead atoms. The highest BCUT2D eigenvalue weighted by Gasteiger charge is 2.07. The van der Waals surface area contributed by atoms with E-state index >= 15 is 0 Å². The summed E-state index contributed by atoms with van der Waals surface area (Å²) >= 11 is 1.36. The van der Waals surface area contributed by atoms with Crippen LogP contribution in [0.1, 0.15) is 22.8 Å². The number of benzene rings is 3. The Morgan fingerprint density at radius 3 is 2.50 bits per heavy atom. The van der Waals surface area contributed by atoms with E-state index in [2.05, 4.69) is 43.3 Å². The Morgan fingerprint density at radius 1 is 0.950 bits per heavy atom. The van der Waals surface area contributed by atoms with Gasteiger partial charge in [0.05, 0.1) is 0 Å². The molecule has 0 aromatic heterocycles. The molecule has 0 aliphatic rings. The van der Waals surface area contributed by atoms with E-state index in [1.54, 1.807) is 0 Å². The predicted octanol–water partition coefficient (Wildman–Crippen LogP) is 5.19. The van der Waals surface area contributed by atoms with Gasteiger partial charge in [0, 0.05) is 5.56 Å². The summed E-state index contributed by atoms with van der Waals surface area (Å²) in [5.74, 6) is 0.813. The molecule has 0 aliphatic heterocycles. The fraction of sp³-hybridized carbons (Fsp3) is 0.167. The summed E-state index contributed by atoms with van der Waals surface area (Å²) in [6.07, 6.45) is 0. The van der Waals surface area contributed by atoms with Crippen molar-refractivity contribution >= 4 is 38.4 Å². The maximum atomic E-state index is 12.0. The number of thioether (sulfide) groups is 1. The number of rotatable bonds is 2. The van der Waals surface area contributed by atoms with E-state index in [-0.39, 0.29) is 5.12 Å². The van der Waals surface area contributed by atoms with Crippen LogP contribution >= 0.6 is 11.8 Å². The maximum Gasteiger partial charge on any atom is 0.219 e. The van der Waals surface area contributed by atoms with Crippen LogP contribution < -0.4 is 0 Å². The van der Waals surface area contributed by atoms with Gasteiger partial charge in [-0.1, -0.05) is 60.6 Å². The predicted molar refractivity (Wildman–Crippen MR) is 88.7 cm³/mol.